The predicted octanol–water partition coefficient (Wildman–Crippen LogP) is 1.76. The Kier molecular flexibility index (Phi) is 13.5. The Hall–Kier alpha value is -0.860. The van der Waals surface area contributed by atoms with Gasteiger partial charge in [0.2, 0.25) is 0 Å². The molecule has 0 radical (unpaired) electrons. The van der Waals surface area contributed by atoms with Crippen molar-refractivity contribution in [2.75, 3.05) is 13.1 Å². The molecule has 0 heterocycles. The summed E-state index contributed by atoms with van der Waals surface area (Å²) in [5, 5.41) is 3.36. The highest BCUT2D eigenvalue weighted by Gasteiger charge is 1.99. The van der Waals surface area contributed by atoms with Crippen LogP contribution in [0.5, 0.6) is 0 Å². The molecule has 0 aromatic heterocycles. The highest BCUT2D eigenvalue weighted by atomic mass is 14.9. The minimum Gasteiger partial charge on any atom is -0.344 e. The SMILES string of the molecule is C=C=CCNC(C=CCN)CCC.N. The number of nitrogens with two attached hydrogens (primary N) is 1. The summed E-state index contributed by atoms with van der Waals surface area (Å²) in [7, 11) is 0. The zero-order chi connectivity index (χ0) is 9.94. The van der Waals surface area contributed by atoms with Crippen LogP contribution in [-0.4, -0.2) is 19.1 Å². The third-order valence-electron chi connectivity index (χ3n) is 1.73. The molecule has 0 spiro atoms. The highest BCUT2D eigenvalue weighted by molar-refractivity contribution is 4.95. The smallest absolute Gasteiger partial charge is 0.0253 e. The molecule has 0 aromatic carbocycles. The molecular formula is C11H23N3. The Labute approximate surface area is 87.3 Å². The average molecular weight is 197 g/mol. The molecule has 82 valence electrons. The van der Waals surface area contributed by atoms with Gasteiger partial charge in [0.25, 0.3) is 0 Å². The lowest BCUT2D eigenvalue weighted by molar-refractivity contribution is 0.580. The van der Waals surface area contributed by atoms with Gasteiger partial charge in [-0.1, -0.05) is 32.1 Å². The van der Waals surface area contributed by atoms with Crippen molar-refractivity contribution < 1.29 is 0 Å². The van der Waals surface area contributed by atoms with Crippen molar-refractivity contribution in [1.82, 2.24) is 11.5 Å². The second kappa shape index (κ2) is 12.1. The van der Waals surface area contributed by atoms with Crippen LogP contribution in [0.3, 0.4) is 0 Å². The van der Waals surface area contributed by atoms with Crippen LogP contribution in [0.1, 0.15) is 19.8 Å². The fourth-order valence-corrected chi connectivity index (χ4v) is 1.10. The molecule has 0 aliphatic rings. The molecule has 0 aliphatic heterocycles. The number of hydrogen-bond donors (Lipinski definition) is 3. The highest BCUT2D eigenvalue weighted by Crippen LogP contribution is 1.97. The van der Waals surface area contributed by atoms with Gasteiger partial charge in [-0.2, -0.15) is 0 Å². The monoisotopic (exact) mass is 197 g/mol. The first-order valence-corrected chi connectivity index (χ1v) is 4.79. The normalized spacial score (nSPS) is 11.9. The van der Waals surface area contributed by atoms with E-state index in [-0.39, 0.29) is 6.15 Å². The molecule has 0 amide bonds. The molecular weight excluding hydrogens is 174 g/mol. The molecule has 3 nitrogen and oxygen atoms in total. The summed E-state index contributed by atoms with van der Waals surface area (Å²) in [4.78, 5) is 0. The van der Waals surface area contributed by atoms with Crippen molar-refractivity contribution in [2.24, 2.45) is 5.73 Å². The first-order chi connectivity index (χ1) is 6.35. The third-order valence-corrected chi connectivity index (χ3v) is 1.73. The summed E-state index contributed by atoms with van der Waals surface area (Å²) >= 11 is 0. The summed E-state index contributed by atoms with van der Waals surface area (Å²) in [6, 6.07) is 0.429. The lowest BCUT2D eigenvalue weighted by atomic mass is 10.1. The van der Waals surface area contributed by atoms with Crippen LogP contribution < -0.4 is 17.2 Å². The van der Waals surface area contributed by atoms with Crippen LogP contribution >= 0.6 is 0 Å². The van der Waals surface area contributed by atoms with Gasteiger partial charge in [0.1, 0.15) is 0 Å². The standard InChI is InChI=1S/C11H20N2.H3N/c1-3-5-10-13-11(7-4-2)8-6-9-12;/h5-6,8,11,13H,1,4,7,9-10,12H2,2H3;1H3. The molecule has 0 fully saturated rings. The maximum Gasteiger partial charge on any atom is 0.0253 e. The van der Waals surface area contributed by atoms with Crippen LogP contribution in [0.4, 0.5) is 0 Å². The molecule has 0 saturated carbocycles. The van der Waals surface area contributed by atoms with E-state index in [2.05, 4.69) is 30.6 Å². The Morgan fingerprint density at radius 3 is 2.79 bits per heavy atom. The Morgan fingerprint density at radius 2 is 2.29 bits per heavy atom. The van der Waals surface area contributed by atoms with Crippen LogP contribution in [-0.2, 0) is 0 Å². The Balaban J connectivity index is 0. The summed E-state index contributed by atoms with van der Waals surface area (Å²) in [6.45, 7) is 7.11. The van der Waals surface area contributed by atoms with Crippen molar-refractivity contribution in [1.29, 1.82) is 0 Å². The van der Waals surface area contributed by atoms with E-state index in [0.717, 1.165) is 13.0 Å². The van der Waals surface area contributed by atoms with Crippen LogP contribution in [0.25, 0.3) is 0 Å². The quantitative estimate of drug-likeness (QED) is 0.430. The van der Waals surface area contributed by atoms with E-state index in [1.807, 2.05) is 12.2 Å². The largest absolute Gasteiger partial charge is 0.344 e. The Morgan fingerprint density at radius 1 is 1.57 bits per heavy atom. The molecule has 1 unspecified atom stereocenters. The molecule has 1 atom stereocenters. The van der Waals surface area contributed by atoms with Gasteiger partial charge >= 0.3 is 0 Å². The second-order valence-electron chi connectivity index (χ2n) is 2.88. The predicted molar refractivity (Wildman–Crippen MR) is 63.6 cm³/mol. The van der Waals surface area contributed by atoms with E-state index in [4.69, 9.17) is 5.73 Å². The minimum absolute atomic E-state index is 0. The molecule has 0 saturated heterocycles. The lowest BCUT2D eigenvalue weighted by Gasteiger charge is -2.11. The molecule has 0 aliphatic carbocycles. The van der Waals surface area contributed by atoms with Gasteiger partial charge in [0, 0.05) is 19.1 Å². The van der Waals surface area contributed by atoms with E-state index in [1.165, 1.54) is 6.42 Å². The molecule has 0 rings (SSSR count). The fourth-order valence-electron chi connectivity index (χ4n) is 1.10. The first kappa shape index (κ1) is 15.6. The van der Waals surface area contributed by atoms with Gasteiger partial charge in [-0.15, -0.1) is 5.73 Å². The summed E-state index contributed by atoms with van der Waals surface area (Å²) < 4.78 is 0. The summed E-state index contributed by atoms with van der Waals surface area (Å²) in [6.07, 6.45) is 8.32. The van der Waals surface area contributed by atoms with E-state index in [0.29, 0.717) is 12.6 Å². The number of rotatable bonds is 7. The third kappa shape index (κ3) is 9.23. The van der Waals surface area contributed by atoms with Gasteiger partial charge in [-0.25, -0.2) is 0 Å². The molecule has 3 heteroatoms. The number of hydrogen-bond acceptors (Lipinski definition) is 3. The maximum atomic E-state index is 5.38. The van der Waals surface area contributed by atoms with Gasteiger partial charge < -0.3 is 17.2 Å². The fraction of sp³-hybridized carbons (Fsp3) is 0.545. The first-order valence-electron chi connectivity index (χ1n) is 4.79. The van der Waals surface area contributed by atoms with Gasteiger partial charge in [0.15, 0.2) is 0 Å². The van der Waals surface area contributed by atoms with E-state index < -0.39 is 0 Å². The number of nitrogens with one attached hydrogen (secondary N) is 1. The molecule has 0 aromatic rings. The van der Waals surface area contributed by atoms with Crippen LogP contribution in [0.2, 0.25) is 0 Å². The zero-order valence-corrected chi connectivity index (χ0v) is 9.13. The van der Waals surface area contributed by atoms with Crippen molar-refractivity contribution >= 4 is 0 Å². The van der Waals surface area contributed by atoms with E-state index in [1.54, 1.807) is 0 Å². The van der Waals surface area contributed by atoms with Crippen molar-refractivity contribution in [2.45, 2.75) is 25.8 Å². The van der Waals surface area contributed by atoms with Crippen LogP contribution in [0, 0.1) is 0 Å². The van der Waals surface area contributed by atoms with Crippen molar-refractivity contribution in [3.8, 4) is 0 Å². The molecule has 0 bridgehead atoms. The van der Waals surface area contributed by atoms with Crippen molar-refractivity contribution in [3.63, 3.8) is 0 Å². The van der Waals surface area contributed by atoms with Gasteiger partial charge in [-0.3, -0.25) is 0 Å². The topological polar surface area (TPSA) is 73.0 Å². The van der Waals surface area contributed by atoms with E-state index in [9.17, 15) is 0 Å². The summed E-state index contributed by atoms with van der Waals surface area (Å²) in [5.41, 5.74) is 8.12. The molecule has 6 N–H and O–H groups in total. The summed E-state index contributed by atoms with van der Waals surface area (Å²) in [5.74, 6) is 0. The maximum absolute atomic E-state index is 5.38. The Bertz CT molecular complexity index is 181. The van der Waals surface area contributed by atoms with Gasteiger partial charge in [-0.05, 0) is 12.5 Å². The average Bonchev–Trinajstić information content (AvgIpc) is 2.14. The second-order valence-corrected chi connectivity index (χ2v) is 2.88. The van der Waals surface area contributed by atoms with Crippen molar-refractivity contribution in [3.05, 3.63) is 30.5 Å². The zero-order valence-electron chi connectivity index (χ0n) is 9.13. The van der Waals surface area contributed by atoms with Crippen LogP contribution in [0.15, 0.2) is 30.5 Å². The van der Waals surface area contributed by atoms with E-state index >= 15 is 0 Å². The van der Waals surface area contributed by atoms with Gasteiger partial charge in [0.05, 0.1) is 0 Å². The lowest BCUT2D eigenvalue weighted by Crippen LogP contribution is -2.27. The molecule has 14 heavy (non-hydrogen) atoms. The minimum atomic E-state index is 0.